The van der Waals surface area contributed by atoms with Crippen molar-refractivity contribution in [2.24, 2.45) is 0 Å². The van der Waals surface area contributed by atoms with Crippen molar-refractivity contribution in [3.8, 4) is 11.1 Å². The Balaban J connectivity index is 2.73. The van der Waals surface area contributed by atoms with Crippen LogP contribution in [0.5, 0.6) is 0 Å². The molecule has 5 heteroatoms. The predicted octanol–water partition coefficient (Wildman–Crippen LogP) is 5.25. The first-order valence-electron chi connectivity index (χ1n) is 5.44. The third-order valence-corrected chi connectivity index (χ3v) is 3.00. The van der Waals surface area contributed by atoms with Crippen molar-refractivity contribution in [1.29, 1.82) is 0 Å². The Bertz CT molecular complexity index is 590. The number of hydrogen-bond acceptors (Lipinski definition) is 0. The van der Waals surface area contributed by atoms with Crippen LogP contribution in [0.1, 0.15) is 11.1 Å². The van der Waals surface area contributed by atoms with E-state index >= 15 is 0 Å². The molecular weight excluding hydrogens is 280 g/mol. The molecule has 0 nitrogen and oxygen atoms in total. The summed E-state index contributed by atoms with van der Waals surface area (Å²) >= 11 is 5.68. The Morgan fingerprint density at radius 3 is 2.26 bits per heavy atom. The van der Waals surface area contributed by atoms with Crippen molar-refractivity contribution in [2.45, 2.75) is 12.1 Å². The first-order chi connectivity index (χ1) is 8.93. The molecular formula is C14H9ClF4. The fourth-order valence-corrected chi connectivity index (χ4v) is 2.16. The minimum Gasteiger partial charge on any atom is -0.207 e. The average molecular weight is 289 g/mol. The summed E-state index contributed by atoms with van der Waals surface area (Å²) in [6.45, 7) is 0. The topological polar surface area (TPSA) is 0 Å². The fraction of sp³-hybridized carbons (Fsp3) is 0.143. The van der Waals surface area contributed by atoms with Gasteiger partial charge in [-0.15, -0.1) is 11.6 Å². The highest BCUT2D eigenvalue weighted by Crippen LogP contribution is 2.39. The molecule has 0 aliphatic heterocycles. The number of alkyl halides is 4. The summed E-state index contributed by atoms with van der Waals surface area (Å²) in [4.78, 5) is 0. The molecule has 0 unspecified atom stereocenters. The van der Waals surface area contributed by atoms with Crippen molar-refractivity contribution in [3.05, 3.63) is 59.4 Å². The number of hydrogen-bond donors (Lipinski definition) is 0. The molecule has 2 rings (SSSR count). The highest BCUT2D eigenvalue weighted by Gasteiger charge is 2.34. The molecule has 0 amide bonds. The molecule has 0 radical (unpaired) electrons. The van der Waals surface area contributed by atoms with Crippen LogP contribution in [0.25, 0.3) is 11.1 Å². The molecule has 0 atom stereocenters. The monoisotopic (exact) mass is 288 g/mol. The molecule has 0 aromatic heterocycles. The van der Waals surface area contributed by atoms with E-state index in [-0.39, 0.29) is 17.0 Å². The van der Waals surface area contributed by atoms with Gasteiger partial charge in [-0.2, -0.15) is 13.2 Å². The summed E-state index contributed by atoms with van der Waals surface area (Å²) in [6.07, 6.45) is -4.51. The molecule has 0 heterocycles. The molecule has 100 valence electrons. The summed E-state index contributed by atoms with van der Waals surface area (Å²) in [5.41, 5.74) is -0.383. The zero-order valence-corrected chi connectivity index (χ0v) is 10.4. The third kappa shape index (κ3) is 2.89. The SMILES string of the molecule is Fc1cccc(-c2c(CCl)cccc2C(F)(F)F)c1. The van der Waals surface area contributed by atoms with Crippen molar-refractivity contribution < 1.29 is 17.6 Å². The molecule has 0 N–H and O–H groups in total. The highest BCUT2D eigenvalue weighted by molar-refractivity contribution is 6.17. The van der Waals surface area contributed by atoms with Crippen LogP contribution >= 0.6 is 11.6 Å². The predicted molar refractivity (Wildman–Crippen MR) is 66.4 cm³/mol. The van der Waals surface area contributed by atoms with Crippen LogP contribution in [0.3, 0.4) is 0 Å². The lowest BCUT2D eigenvalue weighted by atomic mass is 9.94. The van der Waals surface area contributed by atoms with E-state index in [1.165, 1.54) is 30.3 Å². The van der Waals surface area contributed by atoms with E-state index in [4.69, 9.17) is 11.6 Å². The van der Waals surface area contributed by atoms with Gasteiger partial charge in [0.2, 0.25) is 0 Å². The van der Waals surface area contributed by atoms with Gasteiger partial charge in [0.25, 0.3) is 0 Å². The van der Waals surface area contributed by atoms with Crippen LogP contribution in [-0.2, 0) is 12.1 Å². The summed E-state index contributed by atoms with van der Waals surface area (Å²) in [7, 11) is 0. The van der Waals surface area contributed by atoms with Gasteiger partial charge in [-0.3, -0.25) is 0 Å². The minimum absolute atomic E-state index is 0.0653. The molecule has 0 fully saturated rings. The van der Waals surface area contributed by atoms with Crippen LogP contribution in [-0.4, -0.2) is 0 Å². The summed E-state index contributed by atoms with van der Waals surface area (Å²) in [6, 6.07) is 8.82. The smallest absolute Gasteiger partial charge is 0.207 e. The lowest BCUT2D eigenvalue weighted by Crippen LogP contribution is -2.08. The Labute approximate surface area is 112 Å². The first-order valence-corrected chi connectivity index (χ1v) is 5.98. The zero-order chi connectivity index (χ0) is 14.0. The maximum absolute atomic E-state index is 13.2. The summed E-state index contributed by atoms with van der Waals surface area (Å²) in [5, 5.41) is 0. The first kappa shape index (κ1) is 13.9. The second-order valence-electron chi connectivity index (χ2n) is 3.98. The van der Waals surface area contributed by atoms with Crippen molar-refractivity contribution >= 4 is 11.6 Å². The zero-order valence-electron chi connectivity index (χ0n) is 9.64. The molecule has 2 aromatic rings. The van der Waals surface area contributed by atoms with Crippen molar-refractivity contribution in [3.63, 3.8) is 0 Å². The molecule has 0 saturated carbocycles. The number of halogens is 5. The molecule has 0 spiro atoms. The van der Waals surface area contributed by atoms with Gasteiger partial charge in [0, 0.05) is 5.88 Å². The van der Waals surface area contributed by atoms with E-state index in [9.17, 15) is 17.6 Å². The average Bonchev–Trinajstić information content (AvgIpc) is 2.36. The summed E-state index contributed by atoms with van der Waals surface area (Å²) in [5.74, 6) is -0.662. The van der Waals surface area contributed by atoms with E-state index in [2.05, 4.69) is 0 Å². The standard InChI is InChI=1S/C14H9ClF4/c15-8-10-4-2-6-12(14(17,18)19)13(10)9-3-1-5-11(16)7-9/h1-7H,8H2. The van der Waals surface area contributed by atoms with Crippen LogP contribution in [0.2, 0.25) is 0 Å². The maximum Gasteiger partial charge on any atom is 0.417 e. The Hall–Kier alpha value is -1.55. The molecule has 0 aliphatic rings. The van der Waals surface area contributed by atoms with Crippen molar-refractivity contribution in [2.75, 3.05) is 0 Å². The van der Waals surface area contributed by atoms with E-state index in [0.717, 1.165) is 12.1 Å². The van der Waals surface area contributed by atoms with E-state index < -0.39 is 17.6 Å². The molecule has 0 saturated heterocycles. The van der Waals surface area contributed by atoms with Crippen LogP contribution < -0.4 is 0 Å². The van der Waals surface area contributed by atoms with Crippen LogP contribution in [0.4, 0.5) is 17.6 Å². The fourth-order valence-electron chi connectivity index (χ4n) is 1.93. The van der Waals surface area contributed by atoms with E-state index in [1.54, 1.807) is 0 Å². The van der Waals surface area contributed by atoms with Crippen LogP contribution in [0.15, 0.2) is 42.5 Å². The summed E-state index contributed by atoms with van der Waals surface area (Å²) < 4.78 is 52.2. The van der Waals surface area contributed by atoms with E-state index in [1.807, 2.05) is 0 Å². The Morgan fingerprint density at radius 1 is 1.00 bits per heavy atom. The van der Waals surface area contributed by atoms with Gasteiger partial charge in [-0.25, -0.2) is 4.39 Å². The quantitative estimate of drug-likeness (QED) is 0.523. The Morgan fingerprint density at radius 2 is 1.68 bits per heavy atom. The van der Waals surface area contributed by atoms with E-state index in [0.29, 0.717) is 5.56 Å². The maximum atomic E-state index is 13.2. The second-order valence-corrected chi connectivity index (χ2v) is 4.25. The largest absolute Gasteiger partial charge is 0.417 e. The van der Waals surface area contributed by atoms with Gasteiger partial charge in [-0.05, 0) is 34.9 Å². The van der Waals surface area contributed by atoms with Gasteiger partial charge in [0.1, 0.15) is 5.82 Å². The molecule has 19 heavy (non-hydrogen) atoms. The van der Waals surface area contributed by atoms with Gasteiger partial charge in [0.15, 0.2) is 0 Å². The molecule has 0 aliphatic carbocycles. The number of benzene rings is 2. The van der Waals surface area contributed by atoms with Crippen LogP contribution in [0, 0.1) is 5.82 Å². The normalized spacial score (nSPS) is 11.6. The van der Waals surface area contributed by atoms with Gasteiger partial charge < -0.3 is 0 Å². The highest BCUT2D eigenvalue weighted by atomic mass is 35.5. The second kappa shape index (κ2) is 5.21. The molecule has 0 bridgehead atoms. The third-order valence-electron chi connectivity index (χ3n) is 2.71. The Kier molecular flexibility index (Phi) is 3.80. The number of rotatable bonds is 2. The van der Waals surface area contributed by atoms with Gasteiger partial charge >= 0.3 is 6.18 Å². The minimum atomic E-state index is -4.51. The lowest BCUT2D eigenvalue weighted by Gasteiger charge is -2.16. The van der Waals surface area contributed by atoms with Gasteiger partial charge in [-0.1, -0.05) is 24.3 Å². The molecule has 2 aromatic carbocycles. The van der Waals surface area contributed by atoms with Gasteiger partial charge in [0.05, 0.1) is 5.56 Å². The van der Waals surface area contributed by atoms with Crippen molar-refractivity contribution in [1.82, 2.24) is 0 Å². The lowest BCUT2D eigenvalue weighted by molar-refractivity contribution is -0.137.